The summed E-state index contributed by atoms with van der Waals surface area (Å²) in [4.78, 5) is 6.71. The second-order valence-corrected chi connectivity index (χ2v) is 12.3. The second kappa shape index (κ2) is 10.5. The van der Waals surface area contributed by atoms with Gasteiger partial charge in [-0.1, -0.05) is 68.4 Å². The molecule has 0 unspecified atom stereocenters. The molecule has 5 aromatic carbocycles. The average molecular weight is 603 g/mol. The molecule has 0 saturated carbocycles. The maximum Gasteiger partial charge on any atom is 0.0999 e. The topological polar surface area (TPSA) is 92.4 Å². The van der Waals surface area contributed by atoms with Gasteiger partial charge in [-0.15, -0.1) is 0 Å². The number of nitriles is 3. The Balaban J connectivity index is 1.51. The summed E-state index contributed by atoms with van der Waals surface area (Å²) in [6.45, 7) is 4.51. The monoisotopic (exact) mass is 602 g/mol. The van der Waals surface area contributed by atoms with E-state index in [1.54, 1.807) is 18.3 Å². The minimum Gasteiger partial charge on any atom is -0.310 e. The maximum absolute atomic E-state index is 10.3. The second-order valence-electron chi connectivity index (χ2n) is 12.3. The van der Waals surface area contributed by atoms with E-state index >= 15 is 0 Å². The Morgan fingerprint density at radius 3 is 1.87 bits per heavy atom. The molecule has 0 bridgehead atoms. The van der Waals surface area contributed by atoms with E-state index in [1.165, 1.54) is 11.1 Å². The third kappa shape index (κ3) is 4.12. The molecule has 0 N–H and O–H groups in total. The molecule has 0 radical (unpaired) electrons. The van der Waals surface area contributed by atoms with E-state index in [9.17, 15) is 15.8 Å². The van der Waals surface area contributed by atoms with Crippen molar-refractivity contribution >= 4 is 38.9 Å². The lowest BCUT2D eigenvalue weighted by Crippen LogP contribution is -2.30. The van der Waals surface area contributed by atoms with E-state index < -0.39 is 0 Å². The molecule has 2 aromatic heterocycles. The molecule has 8 rings (SSSR count). The van der Waals surface area contributed by atoms with Crippen LogP contribution in [0.1, 0.15) is 41.7 Å². The normalized spacial score (nSPS) is 13.0. The van der Waals surface area contributed by atoms with Crippen molar-refractivity contribution in [3.05, 3.63) is 149 Å². The number of benzene rings is 5. The van der Waals surface area contributed by atoms with E-state index in [2.05, 4.69) is 113 Å². The van der Waals surface area contributed by atoms with E-state index in [0.29, 0.717) is 11.1 Å². The average Bonchev–Trinajstić information content (AvgIpc) is 3.45. The first kappa shape index (κ1) is 27.8. The number of nitrogens with zero attached hydrogens (tertiary/aromatic N) is 6. The number of aromatic nitrogens is 2. The Bertz CT molecular complexity index is 2410. The molecule has 6 nitrogen and oxygen atoms in total. The molecular weight excluding hydrogens is 576 g/mol. The first-order valence-electron chi connectivity index (χ1n) is 15.3. The number of hydrogen-bond acceptors (Lipinski definition) is 5. The van der Waals surface area contributed by atoms with Crippen LogP contribution >= 0.6 is 0 Å². The number of para-hydroxylation sites is 3. The highest BCUT2D eigenvalue weighted by Crippen LogP contribution is 2.52. The number of hydrogen-bond donors (Lipinski definition) is 0. The zero-order valence-corrected chi connectivity index (χ0v) is 25.7. The van der Waals surface area contributed by atoms with Gasteiger partial charge in [0, 0.05) is 45.5 Å². The number of rotatable bonds is 3. The molecule has 1 aliphatic rings. The summed E-state index contributed by atoms with van der Waals surface area (Å²) in [6.07, 6.45) is 3.68. The summed E-state index contributed by atoms with van der Waals surface area (Å²) >= 11 is 0. The first-order chi connectivity index (χ1) is 22.9. The van der Waals surface area contributed by atoms with Crippen molar-refractivity contribution in [2.45, 2.75) is 19.3 Å². The minimum absolute atomic E-state index is 0.237. The van der Waals surface area contributed by atoms with Crippen LogP contribution in [0.3, 0.4) is 0 Å². The summed E-state index contributed by atoms with van der Waals surface area (Å²) < 4.78 is 2.22. The Morgan fingerprint density at radius 1 is 0.617 bits per heavy atom. The SMILES string of the molecule is CC1(C)c2ccccc2N(c2cc(-c3c(C#N)cc(C#N)cc3C#N)cc(-n3c4ccccc4c4cnccc43)c2)c2ccccc21. The lowest BCUT2D eigenvalue weighted by molar-refractivity contribution is 0.632. The van der Waals surface area contributed by atoms with Crippen molar-refractivity contribution in [1.29, 1.82) is 15.8 Å². The third-order valence-corrected chi connectivity index (χ3v) is 9.33. The highest BCUT2D eigenvalue weighted by Gasteiger charge is 2.36. The number of pyridine rings is 1. The van der Waals surface area contributed by atoms with Crippen molar-refractivity contribution in [2.75, 3.05) is 4.90 Å². The van der Waals surface area contributed by atoms with Crippen molar-refractivity contribution in [3.63, 3.8) is 0 Å². The minimum atomic E-state index is -0.237. The van der Waals surface area contributed by atoms with Crippen LogP contribution in [-0.2, 0) is 5.41 Å². The van der Waals surface area contributed by atoms with Gasteiger partial charge < -0.3 is 9.47 Å². The molecule has 220 valence electrons. The van der Waals surface area contributed by atoms with Crippen LogP contribution in [0.4, 0.5) is 17.1 Å². The predicted octanol–water partition coefficient (Wildman–Crippen LogP) is 9.57. The zero-order chi connectivity index (χ0) is 32.3. The molecule has 0 amide bonds. The van der Waals surface area contributed by atoms with Crippen LogP contribution in [0.2, 0.25) is 0 Å². The smallest absolute Gasteiger partial charge is 0.0999 e. The fourth-order valence-electron chi connectivity index (χ4n) is 7.23. The molecule has 3 heterocycles. The van der Waals surface area contributed by atoms with Crippen LogP contribution in [0.15, 0.2) is 122 Å². The summed E-state index contributed by atoms with van der Waals surface area (Å²) in [5.41, 5.74) is 10.1. The van der Waals surface area contributed by atoms with Gasteiger partial charge in [0.05, 0.1) is 57.3 Å². The Kier molecular flexibility index (Phi) is 6.19. The van der Waals surface area contributed by atoms with Crippen molar-refractivity contribution < 1.29 is 0 Å². The largest absolute Gasteiger partial charge is 0.310 e. The third-order valence-electron chi connectivity index (χ3n) is 9.33. The standard InChI is InChI=1S/C41H26N6/c1-41(2)34-10-4-7-13-38(34)47(39-14-8-5-11-35(39)41)31-20-27(40-28(23-43)17-26(22-42)18-29(40)24-44)19-30(21-31)46-36-12-6-3-9-32(36)33-25-45-16-15-37(33)46/h3-21,25H,1-2H3. The van der Waals surface area contributed by atoms with E-state index in [-0.39, 0.29) is 22.1 Å². The maximum atomic E-state index is 10.3. The van der Waals surface area contributed by atoms with Gasteiger partial charge in [0.2, 0.25) is 0 Å². The summed E-state index contributed by atoms with van der Waals surface area (Å²) in [6, 6.07) is 43.2. The summed E-state index contributed by atoms with van der Waals surface area (Å²) in [5.74, 6) is 0. The van der Waals surface area contributed by atoms with Crippen LogP contribution in [0.5, 0.6) is 0 Å². The quantitative estimate of drug-likeness (QED) is 0.201. The van der Waals surface area contributed by atoms with Crippen LogP contribution in [0.25, 0.3) is 38.6 Å². The van der Waals surface area contributed by atoms with Crippen LogP contribution in [0, 0.1) is 34.0 Å². The summed E-state index contributed by atoms with van der Waals surface area (Å²) in [5, 5.41) is 32.4. The van der Waals surface area contributed by atoms with E-state index in [1.807, 2.05) is 36.5 Å². The van der Waals surface area contributed by atoms with E-state index in [4.69, 9.17) is 0 Å². The lowest BCUT2D eigenvalue weighted by atomic mass is 9.73. The zero-order valence-electron chi connectivity index (χ0n) is 25.7. The number of fused-ring (bicyclic) bond motifs is 5. The fraction of sp³-hybridized carbons (Fsp3) is 0.0732. The van der Waals surface area contributed by atoms with Gasteiger partial charge in [-0.3, -0.25) is 4.98 Å². The molecule has 0 saturated heterocycles. The Morgan fingerprint density at radius 2 is 1.21 bits per heavy atom. The van der Waals surface area contributed by atoms with Crippen molar-refractivity contribution in [1.82, 2.24) is 9.55 Å². The molecule has 1 aliphatic heterocycles. The van der Waals surface area contributed by atoms with Crippen LogP contribution in [-0.4, -0.2) is 9.55 Å². The van der Waals surface area contributed by atoms with Gasteiger partial charge in [-0.05, 0) is 71.3 Å². The highest BCUT2D eigenvalue weighted by molar-refractivity contribution is 6.09. The van der Waals surface area contributed by atoms with Crippen molar-refractivity contribution in [3.8, 4) is 35.0 Å². The molecular formula is C41H26N6. The number of anilines is 3. The molecule has 0 fully saturated rings. The van der Waals surface area contributed by atoms with Crippen LogP contribution < -0.4 is 4.90 Å². The van der Waals surface area contributed by atoms with Gasteiger partial charge in [-0.25, -0.2) is 0 Å². The molecule has 47 heavy (non-hydrogen) atoms. The van der Waals surface area contributed by atoms with Gasteiger partial charge >= 0.3 is 0 Å². The lowest BCUT2D eigenvalue weighted by Gasteiger charge is -2.42. The summed E-state index contributed by atoms with van der Waals surface area (Å²) in [7, 11) is 0. The van der Waals surface area contributed by atoms with Gasteiger partial charge in [0.1, 0.15) is 0 Å². The van der Waals surface area contributed by atoms with Gasteiger partial charge in [-0.2, -0.15) is 15.8 Å². The van der Waals surface area contributed by atoms with E-state index in [0.717, 1.165) is 44.6 Å². The fourth-order valence-corrected chi connectivity index (χ4v) is 7.23. The van der Waals surface area contributed by atoms with Gasteiger partial charge in [0.15, 0.2) is 0 Å². The molecule has 0 aliphatic carbocycles. The Labute approximate surface area is 272 Å². The Hall–Kier alpha value is -6.68. The first-order valence-corrected chi connectivity index (χ1v) is 15.3. The van der Waals surface area contributed by atoms with Gasteiger partial charge in [0.25, 0.3) is 0 Å². The molecule has 6 heteroatoms. The highest BCUT2D eigenvalue weighted by atomic mass is 15.2. The predicted molar refractivity (Wildman–Crippen MR) is 185 cm³/mol. The molecule has 0 spiro atoms. The molecule has 7 aromatic rings. The molecule has 0 atom stereocenters. The van der Waals surface area contributed by atoms with Crippen molar-refractivity contribution in [2.24, 2.45) is 0 Å².